The molecule has 2 heterocycles. The molecule has 0 N–H and O–H groups in total. The van der Waals surface area contributed by atoms with Gasteiger partial charge in [0.15, 0.2) is 5.67 Å². The first-order valence-electron chi connectivity index (χ1n) is 7.95. The average Bonchev–Trinajstić information content (AvgIpc) is 2.95. The predicted octanol–water partition coefficient (Wildman–Crippen LogP) is 3.54. The minimum atomic E-state index is -1.37. The van der Waals surface area contributed by atoms with Gasteiger partial charge in [-0.1, -0.05) is 35.9 Å². The quantitative estimate of drug-likeness (QED) is 0.715. The summed E-state index contributed by atoms with van der Waals surface area (Å²) >= 11 is 5.88. The molecule has 4 nitrogen and oxygen atoms in total. The summed E-state index contributed by atoms with van der Waals surface area (Å²) in [6.07, 6.45) is 3.46. The molecule has 0 aliphatic carbocycles. The lowest BCUT2D eigenvalue weighted by Crippen LogP contribution is -2.42. The van der Waals surface area contributed by atoms with Crippen molar-refractivity contribution in [3.63, 3.8) is 0 Å². The highest BCUT2D eigenvalue weighted by Crippen LogP contribution is 2.33. The Labute approximate surface area is 149 Å². The Balaban J connectivity index is 1.55. The molecule has 6 heteroatoms. The van der Waals surface area contributed by atoms with Gasteiger partial charge in [0, 0.05) is 17.4 Å². The molecule has 1 aliphatic heterocycles. The molecule has 0 amide bonds. The van der Waals surface area contributed by atoms with Gasteiger partial charge in [0.25, 0.3) is 0 Å². The van der Waals surface area contributed by atoms with Gasteiger partial charge in [0.2, 0.25) is 0 Å². The zero-order valence-corrected chi connectivity index (χ0v) is 14.1. The maximum absolute atomic E-state index is 14.3. The second kappa shape index (κ2) is 6.17. The van der Waals surface area contributed by atoms with E-state index in [-0.39, 0.29) is 18.9 Å². The summed E-state index contributed by atoms with van der Waals surface area (Å²) in [6.45, 7) is 0.640. The van der Waals surface area contributed by atoms with Crippen molar-refractivity contribution in [2.24, 2.45) is 0 Å². The van der Waals surface area contributed by atoms with Crippen molar-refractivity contribution in [2.75, 3.05) is 13.2 Å². The van der Waals surface area contributed by atoms with Crippen molar-refractivity contribution in [3.8, 4) is 5.69 Å². The first-order valence-corrected chi connectivity index (χ1v) is 8.33. The average molecular weight is 359 g/mol. The van der Waals surface area contributed by atoms with Gasteiger partial charge >= 0.3 is 5.69 Å². The van der Waals surface area contributed by atoms with Gasteiger partial charge in [-0.3, -0.25) is 9.13 Å². The summed E-state index contributed by atoms with van der Waals surface area (Å²) in [6, 6.07) is 14.3. The lowest BCUT2D eigenvalue weighted by atomic mass is 9.93. The van der Waals surface area contributed by atoms with Crippen LogP contribution in [0.1, 0.15) is 11.1 Å². The highest BCUT2D eigenvalue weighted by Gasteiger charge is 2.40. The van der Waals surface area contributed by atoms with Gasteiger partial charge < -0.3 is 4.74 Å². The summed E-state index contributed by atoms with van der Waals surface area (Å²) < 4.78 is 22.4. The van der Waals surface area contributed by atoms with Crippen LogP contribution in [0, 0.1) is 0 Å². The number of benzene rings is 2. The molecule has 4 rings (SSSR count). The summed E-state index contributed by atoms with van der Waals surface area (Å²) in [5.41, 5.74) is 0.804. The Hall–Kier alpha value is -2.37. The van der Waals surface area contributed by atoms with Crippen molar-refractivity contribution in [3.05, 3.63) is 87.6 Å². The van der Waals surface area contributed by atoms with E-state index in [4.69, 9.17) is 16.3 Å². The van der Waals surface area contributed by atoms with E-state index >= 15 is 0 Å². The molecule has 1 aromatic heterocycles. The molecule has 128 valence electrons. The maximum atomic E-state index is 14.3. The van der Waals surface area contributed by atoms with Crippen LogP contribution in [-0.2, 0) is 17.0 Å². The van der Waals surface area contributed by atoms with E-state index in [9.17, 15) is 9.18 Å². The first-order chi connectivity index (χ1) is 12.0. The van der Waals surface area contributed by atoms with Crippen LogP contribution in [0.2, 0.25) is 5.02 Å². The highest BCUT2D eigenvalue weighted by molar-refractivity contribution is 6.30. The van der Waals surface area contributed by atoms with Crippen LogP contribution in [0.5, 0.6) is 0 Å². The molecule has 1 saturated heterocycles. The van der Waals surface area contributed by atoms with Crippen LogP contribution in [0.4, 0.5) is 4.39 Å². The van der Waals surface area contributed by atoms with E-state index < -0.39 is 5.67 Å². The third-order valence-corrected chi connectivity index (χ3v) is 4.69. The molecule has 2 aromatic carbocycles. The summed E-state index contributed by atoms with van der Waals surface area (Å²) in [4.78, 5) is 12.6. The fraction of sp³-hybridized carbons (Fsp3) is 0.211. The van der Waals surface area contributed by atoms with E-state index in [1.807, 2.05) is 12.1 Å². The summed E-state index contributed by atoms with van der Waals surface area (Å²) in [7, 11) is 0. The van der Waals surface area contributed by atoms with E-state index in [1.54, 1.807) is 57.9 Å². The molecule has 0 radical (unpaired) electrons. The van der Waals surface area contributed by atoms with E-state index in [0.29, 0.717) is 17.1 Å². The normalized spacial score (nSPS) is 15.8. The molecular weight excluding hydrogens is 343 g/mol. The van der Waals surface area contributed by atoms with Crippen molar-refractivity contribution in [1.82, 2.24) is 9.13 Å². The van der Waals surface area contributed by atoms with Crippen molar-refractivity contribution in [1.29, 1.82) is 0 Å². The number of alkyl halides is 1. The van der Waals surface area contributed by atoms with Gasteiger partial charge in [-0.2, -0.15) is 0 Å². The van der Waals surface area contributed by atoms with E-state index in [1.165, 1.54) is 0 Å². The molecule has 0 spiro atoms. The zero-order chi connectivity index (χ0) is 17.4. The Morgan fingerprint density at radius 2 is 1.72 bits per heavy atom. The second-order valence-electron chi connectivity index (χ2n) is 6.21. The fourth-order valence-electron chi connectivity index (χ4n) is 2.89. The van der Waals surface area contributed by atoms with E-state index in [2.05, 4.69) is 0 Å². The molecule has 0 atom stereocenters. The molecule has 1 fully saturated rings. The Morgan fingerprint density at radius 3 is 2.32 bits per heavy atom. The maximum Gasteiger partial charge on any atom is 0.333 e. The molecule has 0 saturated carbocycles. The lowest BCUT2D eigenvalue weighted by molar-refractivity contribution is -0.135. The fourth-order valence-corrected chi connectivity index (χ4v) is 3.01. The summed E-state index contributed by atoms with van der Waals surface area (Å²) in [5.74, 6) is 0. The summed E-state index contributed by atoms with van der Waals surface area (Å²) in [5, 5.41) is 0.624. The van der Waals surface area contributed by atoms with Gasteiger partial charge in [-0.15, -0.1) is 0 Å². The van der Waals surface area contributed by atoms with Crippen molar-refractivity contribution < 1.29 is 9.13 Å². The molecule has 0 unspecified atom stereocenters. The molecule has 0 bridgehead atoms. The van der Waals surface area contributed by atoms with Gasteiger partial charge in [0.1, 0.15) is 0 Å². The van der Waals surface area contributed by atoms with Crippen LogP contribution >= 0.6 is 11.6 Å². The lowest BCUT2D eigenvalue weighted by Gasteiger charge is -2.34. The largest absolute Gasteiger partial charge is 0.374 e. The smallest absolute Gasteiger partial charge is 0.333 e. The number of hydrogen-bond acceptors (Lipinski definition) is 2. The molecule has 1 aliphatic rings. The number of ether oxygens (including phenoxy) is 1. The number of hydrogen-bond donors (Lipinski definition) is 0. The zero-order valence-electron chi connectivity index (χ0n) is 13.4. The number of aromatic nitrogens is 2. The third-order valence-electron chi connectivity index (χ3n) is 4.44. The van der Waals surface area contributed by atoms with Crippen LogP contribution in [0.15, 0.2) is 65.7 Å². The monoisotopic (exact) mass is 358 g/mol. The number of rotatable bonds is 4. The first kappa shape index (κ1) is 16.1. The Kier molecular flexibility index (Phi) is 3.98. The Morgan fingerprint density at radius 1 is 1.04 bits per heavy atom. The Bertz CT molecular complexity index is 941. The van der Waals surface area contributed by atoms with Gasteiger partial charge in [0.05, 0.1) is 25.4 Å². The molecule has 3 aromatic rings. The van der Waals surface area contributed by atoms with Crippen LogP contribution < -0.4 is 5.69 Å². The van der Waals surface area contributed by atoms with Crippen molar-refractivity contribution >= 4 is 11.6 Å². The number of nitrogens with zero attached hydrogens (tertiary/aromatic N) is 2. The minimum Gasteiger partial charge on any atom is -0.374 e. The standard InChI is InChI=1S/C19H16ClFN2O2/c20-16-5-7-17(8-6-16)23-10-9-22(18(23)24)11-14-1-3-15(4-2-14)19(21)12-25-13-19/h1-10H,11-13H2. The molecular formula is C19H16ClFN2O2. The SMILES string of the molecule is O=c1n(Cc2ccc(C3(F)COC3)cc2)ccn1-c1ccc(Cl)cc1. The number of halogens is 2. The van der Waals surface area contributed by atoms with Gasteiger partial charge in [-0.25, -0.2) is 9.18 Å². The second-order valence-corrected chi connectivity index (χ2v) is 6.65. The van der Waals surface area contributed by atoms with E-state index in [0.717, 1.165) is 11.3 Å². The minimum absolute atomic E-state index is 0.107. The topological polar surface area (TPSA) is 36.2 Å². The van der Waals surface area contributed by atoms with Crippen molar-refractivity contribution in [2.45, 2.75) is 12.2 Å². The number of imidazole rings is 1. The highest BCUT2D eigenvalue weighted by atomic mass is 35.5. The van der Waals surface area contributed by atoms with Crippen LogP contribution in [0.3, 0.4) is 0 Å². The predicted molar refractivity (Wildman–Crippen MR) is 94.2 cm³/mol. The van der Waals surface area contributed by atoms with Crippen LogP contribution in [0.25, 0.3) is 5.69 Å². The van der Waals surface area contributed by atoms with Gasteiger partial charge in [-0.05, 0) is 35.4 Å². The third kappa shape index (κ3) is 3.01. The molecule has 25 heavy (non-hydrogen) atoms. The van der Waals surface area contributed by atoms with Crippen LogP contribution in [-0.4, -0.2) is 22.3 Å².